The van der Waals surface area contributed by atoms with Gasteiger partial charge in [-0.05, 0) is 49.8 Å². The SMILES string of the molecule is O=C(O)CCCCNC(=O)C1(Cc2cccc(F)c2)CCC1. The van der Waals surface area contributed by atoms with Crippen LogP contribution in [0.4, 0.5) is 4.39 Å². The lowest BCUT2D eigenvalue weighted by atomic mass is 9.64. The zero-order chi connectivity index (χ0) is 16.0. The number of carbonyl (C=O) groups is 2. The molecule has 0 heterocycles. The van der Waals surface area contributed by atoms with E-state index in [9.17, 15) is 14.0 Å². The third-order valence-electron chi connectivity index (χ3n) is 4.33. The highest BCUT2D eigenvalue weighted by molar-refractivity contribution is 5.83. The van der Waals surface area contributed by atoms with Gasteiger partial charge >= 0.3 is 5.97 Å². The van der Waals surface area contributed by atoms with Gasteiger partial charge in [0.2, 0.25) is 5.91 Å². The molecule has 0 aliphatic heterocycles. The number of carboxylic acids is 1. The molecule has 0 radical (unpaired) electrons. The monoisotopic (exact) mass is 307 g/mol. The van der Waals surface area contributed by atoms with E-state index in [-0.39, 0.29) is 18.1 Å². The van der Waals surface area contributed by atoms with Gasteiger partial charge in [0.25, 0.3) is 0 Å². The van der Waals surface area contributed by atoms with Crippen LogP contribution in [0.15, 0.2) is 24.3 Å². The molecule has 1 aromatic rings. The van der Waals surface area contributed by atoms with E-state index in [1.165, 1.54) is 12.1 Å². The van der Waals surface area contributed by atoms with Gasteiger partial charge in [-0.3, -0.25) is 9.59 Å². The molecule has 2 N–H and O–H groups in total. The van der Waals surface area contributed by atoms with Crippen molar-refractivity contribution in [3.05, 3.63) is 35.6 Å². The lowest BCUT2D eigenvalue weighted by Gasteiger charge is -2.40. The predicted molar refractivity (Wildman–Crippen MR) is 80.9 cm³/mol. The molecule has 0 aromatic heterocycles. The van der Waals surface area contributed by atoms with E-state index in [0.717, 1.165) is 24.8 Å². The van der Waals surface area contributed by atoms with Crippen LogP contribution in [-0.2, 0) is 16.0 Å². The van der Waals surface area contributed by atoms with Crippen LogP contribution in [0, 0.1) is 11.2 Å². The van der Waals surface area contributed by atoms with E-state index in [4.69, 9.17) is 5.11 Å². The van der Waals surface area contributed by atoms with Crippen molar-refractivity contribution in [2.24, 2.45) is 5.41 Å². The molecule has 4 nitrogen and oxygen atoms in total. The van der Waals surface area contributed by atoms with Gasteiger partial charge in [-0.25, -0.2) is 4.39 Å². The van der Waals surface area contributed by atoms with E-state index >= 15 is 0 Å². The van der Waals surface area contributed by atoms with Crippen molar-refractivity contribution >= 4 is 11.9 Å². The second-order valence-electron chi connectivity index (χ2n) is 6.05. The first-order valence-electron chi connectivity index (χ1n) is 7.76. The number of aliphatic carboxylic acids is 1. The molecule has 1 saturated carbocycles. The van der Waals surface area contributed by atoms with Crippen molar-refractivity contribution in [2.75, 3.05) is 6.54 Å². The molecular weight excluding hydrogens is 285 g/mol. The van der Waals surface area contributed by atoms with Crippen LogP contribution in [0.25, 0.3) is 0 Å². The van der Waals surface area contributed by atoms with E-state index in [0.29, 0.717) is 25.8 Å². The third kappa shape index (κ3) is 4.29. The van der Waals surface area contributed by atoms with Gasteiger partial charge in [-0.1, -0.05) is 18.6 Å². The van der Waals surface area contributed by atoms with Crippen molar-refractivity contribution in [2.45, 2.75) is 44.9 Å². The number of nitrogens with one attached hydrogen (secondary N) is 1. The number of amides is 1. The van der Waals surface area contributed by atoms with E-state index in [1.54, 1.807) is 6.07 Å². The largest absolute Gasteiger partial charge is 0.481 e. The van der Waals surface area contributed by atoms with Crippen LogP contribution in [0.5, 0.6) is 0 Å². The molecule has 0 bridgehead atoms. The maximum atomic E-state index is 13.3. The van der Waals surface area contributed by atoms with Gasteiger partial charge in [0.1, 0.15) is 5.82 Å². The Bertz CT molecular complexity index is 540. The quantitative estimate of drug-likeness (QED) is 0.726. The predicted octanol–water partition coefficient (Wildman–Crippen LogP) is 2.91. The molecule has 1 aromatic carbocycles. The molecule has 0 spiro atoms. The maximum Gasteiger partial charge on any atom is 0.303 e. The summed E-state index contributed by atoms with van der Waals surface area (Å²) in [6.45, 7) is 0.497. The molecule has 1 aliphatic rings. The van der Waals surface area contributed by atoms with Crippen LogP contribution in [0.3, 0.4) is 0 Å². The average molecular weight is 307 g/mol. The average Bonchev–Trinajstić information content (AvgIpc) is 2.42. The Balaban J connectivity index is 1.84. The molecule has 2 rings (SSSR count). The summed E-state index contributed by atoms with van der Waals surface area (Å²) in [5.74, 6) is -1.08. The highest BCUT2D eigenvalue weighted by atomic mass is 19.1. The van der Waals surface area contributed by atoms with Gasteiger partial charge in [0.15, 0.2) is 0 Å². The van der Waals surface area contributed by atoms with Crippen LogP contribution in [0.1, 0.15) is 44.1 Å². The number of rotatable bonds is 8. The Kier molecular flexibility index (Phi) is 5.52. The first-order chi connectivity index (χ1) is 10.5. The van der Waals surface area contributed by atoms with Crippen molar-refractivity contribution < 1.29 is 19.1 Å². The lowest BCUT2D eigenvalue weighted by Crippen LogP contribution is -2.47. The minimum atomic E-state index is -0.812. The number of halogens is 1. The van der Waals surface area contributed by atoms with Gasteiger partial charge in [-0.15, -0.1) is 0 Å². The minimum absolute atomic E-state index is 0.0123. The standard InChI is InChI=1S/C17H22FNO3/c18-14-6-3-5-13(11-14)12-17(8-4-9-17)16(22)19-10-2-1-7-15(20)21/h3,5-6,11H,1-2,4,7-10,12H2,(H,19,22)(H,20,21). The smallest absolute Gasteiger partial charge is 0.303 e. The van der Waals surface area contributed by atoms with Crippen molar-refractivity contribution in [3.8, 4) is 0 Å². The Morgan fingerprint density at radius 1 is 1.27 bits per heavy atom. The van der Waals surface area contributed by atoms with Crippen LogP contribution < -0.4 is 5.32 Å². The highest BCUT2D eigenvalue weighted by Gasteiger charge is 2.43. The Hall–Kier alpha value is -1.91. The maximum absolute atomic E-state index is 13.3. The fourth-order valence-electron chi connectivity index (χ4n) is 2.92. The summed E-state index contributed by atoms with van der Waals surface area (Å²) >= 11 is 0. The summed E-state index contributed by atoms with van der Waals surface area (Å²) in [5.41, 5.74) is 0.432. The molecule has 1 aliphatic carbocycles. The number of unbranched alkanes of at least 4 members (excludes halogenated alkanes) is 1. The number of carboxylic acid groups (broad SMARTS) is 1. The van der Waals surface area contributed by atoms with Crippen molar-refractivity contribution in [1.82, 2.24) is 5.32 Å². The summed E-state index contributed by atoms with van der Waals surface area (Å²) in [4.78, 5) is 22.8. The van der Waals surface area contributed by atoms with E-state index < -0.39 is 11.4 Å². The molecule has 22 heavy (non-hydrogen) atoms. The van der Waals surface area contributed by atoms with Crippen molar-refractivity contribution in [1.29, 1.82) is 0 Å². The molecule has 1 fully saturated rings. The highest BCUT2D eigenvalue weighted by Crippen LogP contribution is 2.44. The summed E-state index contributed by atoms with van der Waals surface area (Å²) in [6, 6.07) is 6.41. The molecule has 0 saturated heterocycles. The number of hydrogen-bond acceptors (Lipinski definition) is 2. The van der Waals surface area contributed by atoms with Gasteiger partial charge in [-0.2, -0.15) is 0 Å². The molecule has 5 heteroatoms. The van der Waals surface area contributed by atoms with Crippen LogP contribution in [0.2, 0.25) is 0 Å². The molecule has 1 amide bonds. The molecule has 0 atom stereocenters. The molecular formula is C17H22FNO3. The summed E-state index contributed by atoms with van der Waals surface area (Å²) in [6.07, 6.45) is 4.58. The lowest BCUT2D eigenvalue weighted by molar-refractivity contribution is -0.137. The number of benzene rings is 1. The summed E-state index contributed by atoms with van der Waals surface area (Å²) in [5, 5.41) is 11.5. The Morgan fingerprint density at radius 3 is 2.64 bits per heavy atom. The summed E-state index contributed by atoms with van der Waals surface area (Å²) in [7, 11) is 0. The van der Waals surface area contributed by atoms with Crippen LogP contribution in [-0.4, -0.2) is 23.5 Å². The molecule has 0 unspecified atom stereocenters. The summed E-state index contributed by atoms with van der Waals surface area (Å²) < 4.78 is 13.3. The Labute approximate surface area is 129 Å². The zero-order valence-corrected chi connectivity index (χ0v) is 12.6. The third-order valence-corrected chi connectivity index (χ3v) is 4.33. The first kappa shape index (κ1) is 16.5. The molecule has 120 valence electrons. The zero-order valence-electron chi connectivity index (χ0n) is 12.6. The van der Waals surface area contributed by atoms with Crippen molar-refractivity contribution in [3.63, 3.8) is 0 Å². The van der Waals surface area contributed by atoms with Gasteiger partial charge < -0.3 is 10.4 Å². The van der Waals surface area contributed by atoms with Gasteiger partial charge in [0, 0.05) is 13.0 Å². The van der Waals surface area contributed by atoms with E-state index in [1.807, 2.05) is 6.07 Å². The second kappa shape index (κ2) is 7.38. The second-order valence-corrected chi connectivity index (χ2v) is 6.05. The topological polar surface area (TPSA) is 66.4 Å². The number of carbonyl (C=O) groups excluding carboxylic acids is 1. The van der Waals surface area contributed by atoms with Crippen LogP contribution >= 0.6 is 0 Å². The number of hydrogen-bond donors (Lipinski definition) is 2. The normalized spacial score (nSPS) is 15.9. The van der Waals surface area contributed by atoms with E-state index in [2.05, 4.69) is 5.32 Å². The Morgan fingerprint density at radius 2 is 2.05 bits per heavy atom. The minimum Gasteiger partial charge on any atom is -0.481 e. The first-order valence-corrected chi connectivity index (χ1v) is 7.76. The fourth-order valence-corrected chi connectivity index (χ4v) is 2.92. The fraction of sp³-hybridized carbons (Fsp3) is 0.529. The van der Waals surface area contributed by atoms with Gasteiger partial charge in [0.05, 0.1) is 5.41 Å².